The molecular weight excluding hydrogens is 419 g/mol. The number of amides is 1. The van der Waals surface area contributed by atoms with Crippen LogP contribution < -0.4 is 14.4 Å². The summed E-state index contributed by atoms with van der Waals surface area (Å²) in [6.07, 6.45) is 0. The number of methoxy groups -OCH3 is 2. The Labute approximate surface area is 182 Å². The molecule has 0 bridgehead atoms. The second kappa shape index (κ2) is 8.18. The maximum atomic E-state index is 13.4. The van der Waals surface area contributed by atoms with Crippen molar-refractivity contribution in [1.29, 1.82) is 0 Å². The lowest BCUT2D eigenvalue weighted by atomic mass is 9.94. The second-order valence-electron chi connectivity index (χ2n) is 7.05. The Kier molecular flexibility index (Phi) is 5.40. The summed E-state index contributed by atoms with van der Waals surface area (Å²) in [5.74, 6) is -1.63. The standard InChI is InChI=1S/C23H19FN2O6/c1-12-11-17(25-32-12)26-19(15-5-4-6-16(30-2)22(15)31-3)18(21(28)23(26)29)20(27)13-7-9-14(24)10-8-13/h4-11,19,27H,1-3H3/t19-/m1/s1. The van der Waals surface area contributed by atoms with Gasteiger partial charge in [-0.1, -0.05) is 17.3 Å². The Hall–Kier alpha value is -4.14. The fourth-order valence-electron chi connectivity index (χ4n) is 3.72. The zero-order valence-electron chi connectivity index (χ0n) is 17.5. The Balaban J connectivity index is 2.01. The smallest absolute Gasteiger partial charge is 0.301 e. The van der Waals surface area contributed by atoms with Crippen LogP contribution in [0.2, 0.25) is 0 Å². The van der Waals surface area contributed by atoms with Gasteiger partial charge in [0.05, 0.1) is 19.8 Å². The molecule has 164 valence electrons. The van der Waals surface area contributed by atoms with Crippen LogP contribution in [0.4, 0.5) is 10.2 Å². The molecule has 0 radical (unpaired) electrons. The van der Waals surface area contributed by atoms with Gasteiger partial charge < -0.3 is 19.1 Å². The summed E-state index contributed by atoms with van der Waals surface area (Å²) in [5, 5.41) is 14.9. The minimum atomic E-state index is -1.10. The van der Waals surface area contributed by atoms with Gasteiger partial charge in [-0.05, 0) is 37.3 Å². The van der Waals surface area contributed by atoms with E-state index in [9.17, 15) is 19.1 Å². The lowest BCUT2D eigenvalue weighted by molar-refractivity contribution is -0.132. The van der Waals surface area contributed by atoms with Crippen LogP contribution >= 0.6 is 0 Å². The summed E-state index contributed by atoms with van der Waals surface area (Å²) in [7, 11) is 2.88. The molecular formula is C23H19FN2O6. The number of carbonyl (C=O) groups is 2. The monoisotopic (exact) mass is 438 g/mol. The normalized spacial score (nSPS) is 17.6. The summed E-state index contributed by atoms with van der Waals surface area (Å²) in [6.45, 7) is 1.65. The number of anilines is 1. The number of rotatable bonds is 5. The fraction of sp³-hybridized carbons (Fsp3) is 0.174. The molecule has 0 unspecified atom stereocenters. The number of nitrogens with zero attached hydrogens (tertiary/aromatic N) is 2. The first kappa shape index (κ1) is 21.1. The number of aliphatic hydroxyl groups is 1. The maximum Gasteiger partial charge on any atom is 0.301 e. The lowest BCUT2D eigenvalue weighted by Gasteiger charge is -2.25. The van der Waals surface area contributed by atoms with E-state index in [-0.39, 0.29) is 22.7 Å². The number of aliphatic hydroxyl groups excluding tert-OH is 1. The highest BCUT2D eigenvalue weighted by molar-refractivity contribution is 6.51. The topological polar surface area (TPSA) is 102 Å². The van der Waals surface area contributed by atoms with Crippen molar-refractivity contribution >= 4 is 23.3 Å². The minimum Gasteiger partial charge on any atom is -0.507 e. The number of aromatic nitrogens is 1. The molecule has 32 heavy (non-hydrogen) atoms. The molecule has 2 heterocycles. The lowest BCUT2D eigenvalue weighted by Crippen LogP contribution is -2.30. The van der Waals surface area contributed by atoms with Crippen molar-refractivity contribution in [3.63, 3.8) is 0 Å². The molecule has 0 aliphatic carbocycles. The van der Waals surface area contributed by atoms with E-state index in [1.165, 1.54) is 32.4 Å². The quantitative estimate of drug-likeness (QED) is 0.368. The van der Waals surface area contributed by atoms with Crippen LogP contribution in [0, 0.1) is 12.7 Å². The highest BCUT2D eigenvalue weighted by atomic mass is 19.1. The minimum absolute atomic E-state index is 0.0950. The van der Waals surface area contributed by atoms with E-state index < -0.39 is 29.3 Å². The number of benzene rings is 2. The molecule has 3 aromatic rings. The van der Waals surface area contributed by atoms with Gasteiger partial charge in [0.15, 0.2) is 17.3 Å². The second-order valence-corrected chi connectivity index (χ2v) is 7.05. The Morgan fingerprint density at radius 2 is 1.84 bits per heavy atom. The molecule has 1 atom stereocenters. The van der Waals surface area contributed by atoms with Gasteiger partial charge >= 0.3 is 5.91 Å². The van der Waals surface area contributed by atoms with Crippen LogP contribution in [0.3, 0.4) is 0 Å². The first-order valence-corrected chi connectivity index (χ1v) is 9.58. The maximum absolute atomic E-state index is 13.4. The summed E-state index contributed by atoms with van der Waals surface area (Å²) in [6, 6.07) is 10.3. The van der Waals surface area contributed by atoms with Crippen molar-refractivity contribution < 1.29 is 33.1 Å². The third-order valence-electron chi connectivity index (χ3n) is 5.15. The number of aryl methyl sites for hydroxylation is 1. The average molecular weight is 438 g/mol. The fourth-order valence-corrected chi connectivity index (χ4v) is 3.72. The number of para-hydroxylation sites is 1. The van der Waals surface area contributed by atoms with Crippen LogP contribution in [0.5, 0.6) is 11.5 Å². The van der Waals surface area contributed by atoms with Gasteiger partial charge in [0.2, 0.25) is 0 Å². The Morgan fingerprint density at radius 3 is 2.44 bits per heavy atom. The summed E-state index contributed by atoms with van der Waals surface area (Å²) < 4.78 is 29.4. The van der Waals surface area contributed by atoms with E-state index in [1.807, 2.05) is 0 Å². The number of Topliss-reactive ketones (excluding diaryl/α,β-unsaturated/α-hetero) is 1. The molecule has 1 fully saturated rings. The molecule has 9 heteroatoms. The zero-order chi connectivity index (χ0) is 23.0. The van der Waals surface area contributed by atoms with E-state index in [2.05, 4.69) is 5.16 Å². The van der Waals surface area contributed by atoms with Crippen LogP contribution in [0.25, 0.3) is 5.76 Å². The van der Waals surface area contributed by atoms with Crippen LogP contribution in [-0.4, -0.2) is 36.2 Å². The molecule has 0 saturated carbocycles. The van der Waals surface area contributed by atoms with Crippen LogP contribution in [-0.2, 0) is 9.59 Å². The van der Waals surface area contributed by atoms with Crippen molar-refractivity contribution in [1.82, 2.24) is 5.16 Å². The zero-order valence-corrected chi connectivity index (χ0v) is 17.5. The number of ketones is 1. The molecule has 0 spiro atoms. The van der Waals surface area contributed by atoms with E-state index >= 15 is 0 Å². The highest BCUT2D eigenvalue weighted by Gasteiger charge is 2.49. The average Bonchev–Trinajstić information content (AvgIpc) is 3.33. The predicted molar refractivity (Wildman–Crippen MR) is 112 cm³/mol. The molecule has 1 aliphatic rings. The van der Waals surface area contributed by atoms with Crippen molar-refractivity contribution in [2.45, 2.75) is 13.0 Å². The van der Waals surface area contributed by atoms with E-state index in [0.717, 1.165) is 17.0 Å². The molecule has 1 aromatic heterocycles. The predicted octanol–water partition coefficient (Wildman–Crippen LogP) is 3.77. The molecule has 1 N–H and O–H groups in total. The van der Waals surface area contributed by atoms with E-state index in [1.54, 1.807) is 25.1 Å². The van der Waals surface area contributed by atoms with Crippen molar-refractivity contribution in [3.05, 3.63) is 76.8 Å². The summed E-state index contributed by atoms with van der Waals surface area (Å²) in [4.78, 5) is 27.3. The van der Waals surface area contributed by atoms with Crippen LogP contribution in [0.15, 0.2) is 58.6 Å². The molecule has 1 aliphatic heterocycles. The van der Waals surface area contributed by atoms with E-state index in [0.29, 0.717) is 17.1 Å². The molecule has 1 amide bonds. The van der Waals surface area contributed by atoms with Crippen molar-refractivity contribution in [2.75, 3.05) is 19.1 Å². The number of ether oxygens (including phenoxy) is 2. The largest absolute Gasteiger partial charge is 0.507 e. The molecule has 2 aromatic carbocycles. The highest BCUT2D eigenvalue weighted by Crippen LogP contribution is 2.46. The van der Waals surface area contributed by atoms with Crippen molar-refractivity contribution in [2.24, 2.45) is 0 Å². The number of hydrogen-bond donors (Lipinski definition) is 1. The van der Waals surface area contributed by atoms with Gasteiger partial charge in [0.1, 0.15) is 23.4 Å². The molecule has 4 rings (SSSR count). The number of hydrogen-bond acceptors (Lipinski definition) is 7. The van der Waals surface area contributed by atoms with Gasteiger partial charge in [-0.25, -0.2) is 4.39 Å². The van der Waals surface area contributed by atoms with Crippen LogP contribution in [0.1, 0.15) is 22.9 Å². The first-order valence-electron chi connectivity index (χ1n) is 9.58. The van der Waals surface area contributed by atoms with E-state index in [4.69, 9.17) is 14.0 Å². The first-order chi connectivity index (χ1) is 15.4. The Morgan fingerprint density at radius 1 is 1.12 bits per heavy atom. The summed E-state index contributed by atoms with van der Waals surface area (Å²) in [5.41, 5.74) is 0.358. The number of halogens is 1. The van der Waals surface area contributed by atoms with Crippen molar-refractivity contribution in [3.8, 4) is 11.5 Å². The van der Waals surface area contributed by atoms with Gasteiger partial charge in [-0.3, -0.25) is 14.5 Å². The van der Waals surface area contributed by atoms with Gasteiger partial charge in [-0.15, -0.1) is 0 Å². The molecule has 8 nitrogen and oxygen atoms in total. The van der Waals surface area contributed by atoms with Gasteiger partial charge in [-0.2, -0.15) is 0 Å². The summed E-state index contributed by atoms with van der Waals surface area (Å²) >= 11 is 0. The SMILES string of the molecule is COc1cccc([C@@H]2C(=C(O)c3ccc(F)cc3)C(=O)C(=O)N2c2cc(C)on2)c1OC. The third kappa shape index (κ3) is 3.37. The third-order valence-corrected chi connectivity index (χ3v) is 5.15. The van der Waals surface area contributed by atoms with Gasteiger partial charge in [0.25, 0.3) is 5.78 Å². The number of carbonyl (C=O) groups excluding carboxylic acids is 2. The molecule has 1 saturated heterocycles. The Bertz CT molecular complexity index is 1230. The van der Waals surface area contributed by atoms with Gasteiger partial charge in [0, 0.05) is 17.2 Å².